The Morgan fingerprint density at radius 1 is 1.10 bits per heavy atom. The van der Waals surface area contributed by atoms with Crippen molar-refractivity contribution in [3.8, 4) is 17.2 Å². The monoisotopic (exact) mass is 312 g/mol. The minimum Gasteiger partial charge on any atom is -0.508 e. The first-order valence-corrected chi connectivity index (χ1v) is 6.38. The second-order valence-electron chi connectivity index (χ2n) is 4.04. The Morgan fingerprint density at radius 3 is 2.45 bits per heavy atom. The minimum atomic E-state index is -1.03. The summed E-state index contributed by atoms with van der Waals surface area (Å²) in [6, 6.07) is 8.95. The van der Waals surface area contributed by atoms with Gasteiger partial charge in [0.2, 0.25) is 0 Å². The average Bonchev–Trinajstić information content (AvgIpc) is 2.34. The maximum absolute atomic E-state index is 10.8. The summed E-state index contributed by atoms with van der Waals surface area (Å²) >= 11 is 11.8. The first-order valence-electron chi connectivity index (χ1n) is 5.62. The molecule has 0 saturated heterocycles. The fraction of sp³-hybridized carbons (Fsp3) is 0.0714. The van der Waals surface area contributed by atoms with E-state index in [-0.39, 0.29) is 12.2 Å². The van der Waals surface area contributed by atoms with Gasteiger partial charge in [-0.25, -0.2) is 0 Å². The molecule has 0 radical (unpaired) electrons. The van der Waals surface area contributed by atoms with Crippen LogP contribution in [0.1, 0.15) is 5.56 Å². The van der Waals surface area contributed by atoms with Crippen LogP contribution < -0.4 is 4.74 Å². The molecule has 0 atom stereocenters. The van der Waals surface area contributed by atoms with E-state index >= 15 is 0 Å². The van der Waals surface area contributed by atoms with Crippen LogP contribution >= 0.6 is 23.2 Å². The van der Waals surface area contributed by atoms with Crippen LogP contribution in [0, 0.1) is 0 Å². The molecule has 0 aliphatic heterocycles. The number of carboxylic acids is 1. The van der Waals surface area contributed by atoms with Crippen LogP contribution in [0.25, 0.3) is 0 Å². The van der Waals surface area contributed by atoms with Crippen molar-refractivity contribution in [1.82, 2.24) is 0 Å². The molecule has 0 spiro atoms. The highest BCUT2D eigenvalue weighted by molar-refractivity contribution is 6.35. The predicted molar refractivity (Wildman–Crippen MR) is 76.0 cm³/mol. The molecule has 0 amide bonds. The number of hydrogen-bond acceptors (Lipinski definition) is 3. The molecular weight excluding hydrogens is 303 g/mol. The lowest BCUT2D eigenvalue weighted by Crippen LogP contribution is -2.02. The van der Waals surface area contributed by atoms with E-state index in [1.807, 2.05) is 0 Å². The lowest BCUT2D eigenvalue weighted by molar-refractivity contribution is -0.136. The molecule has 0 aromatic heterocycles. The van der Waals surface area contributed by atoms with E-state index in [9.17, 15) is 9.90 Å². The molecule has 0 aliphatic rings. The molecule has 0 fully saturated rings. The summed E-state index contributed by atoms with van der Waals surface area (Å²) in [6.07, 6.45) is -0.269. The molecule has 6 heteroatoms. The lowest BCUT2D eigenvalue weighted by atomic mass is 10.1. The highest BCUT2D eigenvalue weighted by Gasteiger charge is 2.12. The van der Waals surface area contributed by atoms with Gasteiger partial charge < -0.3 is 14.9 Å². The Balaban J connectivity index is 2.35. The number of benzene rings is 2. The molecule has 0 aliphatic carbocycles. The summed E-state index contributed by atoms with van der Waals surface area (Å²) < 4.78 is 5.59. The Labute approximate surface area is 125 Å². The molecule has 2 aromatic carbocycles. The topological polar surface area (TPSA) is 66.8 Å². The van der Waals surface area contributed by atoms with Crippen LogP contribution in [-0.2, 0) is 11.2 Å². The lowest BCUT2D eigenvalue weighted by Gasteiger charge is -2.11. The van der Waals surface area contributed by atoms with Crippen LogP contribution in [0.4, 0.5) is 0 Å². The van der Waals surface area contributed by atoms with Gasteiger partial charge in [-0.15, -0.1) is 0 Å². The molecule has 0 saturated carbocycles. The van der Waals surface area contributed by atoms with Gasteiger partial charge in [-0.3, -0.25) is 4.79 Å². The van der Waals surface area contributed by atoms with Crippen LogP contribution in [-0.4, -0.2) is 16.2 Å². The van der Waals surface area contributed by atoms with Gasteiger partial charge in [0, 0.05) is 10.6 Å². The smallest absolute Gasteiger partial charge is 0.307 e. The van der Waals surface area contributed by atoms with E-state index in [1.54, 1.807) is 12.1 Å². The van der Waals surface area contributed by atoms with Crippen molar-refractivity contribution in [2.24, 2.45) is 0 Å². The van der Waals surface area contributed by atoms with Crippen molar-refractivity contribution in [1.29, 1.82) is 0 Å². The first kappa shape index (κ1) is 14.5. The zero-order chi connectivity index (χ0) is 14.7. The largest absolute Gasteiger partial charge is 0.508 e. The van der Waals surface area contributed by atoms with Gasteiger partial charge in [0.25, 0.3) is 0 Å². The molecule has 0 heterocycles. The number of carbonyl (C=O) groups is 1. The number of aromatic hydroxyl groups is 1. The number of phenols is 1. The molecular formula is C14H10Cl2O4. The van der Waals surface area contributed by atoms with Gasteiger partial charge in [0.05, 0.1) is 11.4 Å². The molecule has 4 nitrogen and oxygen atoms in total. The number of rotatable bonds is 4. The highest BCUT2D eigenvalue weighted by Crippen LogP contribution is 2.34. The zero-order valence-electron chi connectivity index (χ0n) is 10.1. The Morgan fingerprint density at radius 2 is 1.80 bits per heavy atom. The predicted octanol–water partition coefficient (Wildman–Crippen LogP) is 4.12. The summed E-state index contributed by atoms with van der Waals surface area (Å²) in [4.78, 5) is 10.8. The van der Waals surface area contributed by atoms with Crippen LogP contribution in [0.2, 0.25) is 10.0 Å². The van der Waals surface area contributed by atoms with Gasteiger partial charge >= 0.3 is 5.97 Å². The van der Waals surface area contributed by atoms with Crippen molar-refractivity contribution in [2.75, 3.05) is 0 Å². The molecule has 2 N–H and O–H groups in total. The number of phenolic OH excluding ortho intramolecular Hbond substituents is 1. The molecule has 20 heavy (non-hydrogen) atoms. The van der Waals surface area contributed by atoms with Crippen LogP contribution in [0.3, 0.4) is 0 Å². The van der Waals surface area contributed by atoms with Gasteiger partial charge in [0.1, 0.15) is 17.2 Å². The average molecular weight is 313 g/mol. The summed E-state index contributed by atoms with van der Waals surface area (Å²) in [6.45, 7) is 0. The summed E-state index contributed by atoms with van der Waals surface area (Å²) in [5, 5.41) is 19.1. The number of halogens is 2. The molecule has 0 bridgehead atoms. The maximum atomic E-state index is 10.8. The Kier molecular flexibility index (Phi) is 4.37. The van der Waals surface area contributed by atoms with E-state index in [2.05, 4.69) is 0 Å². The van der Waals surface area contributed by atoms with Crippen molar-refractivity contribution < 1.29 is 19.7 Å². The van der Waals surface area contributed by atoms with Crippen molar-refractivity contribution >= 4 is 29.2 Å². The zero-order valence-corrected chi connectivity index (χ0v) is 11.6. The highest BCUT2D eigenvalue weighted by atomic mass is 35.5. The first-order chi connectivity index (χ1) is 9.45. The molecule has 104 valence electrons. The summed E-state index contributed by atoms with van der Waals surface area (Å²) in [5.41, 5.74) is 0.350. The van der Waals surface area contributed by atoms with Crippen LogP contribution in [0.5, 0.6) is 17.2 Å². The van der Waals surface area contributed by atoms with Crippen molar-refractivity contribution in [3.05, 3.63) is 52.0 Å². The number of hydrogen-bond donors (Lipinski definition) is 2. The van der Waals surface area contributed by atoms with E-state index in [4.69, 9.17) is 33.0 Å². The third kappa shape index (κ3) is 3.56. The fourth-order valence-corrected chi connectivity index (χ4v) is 2.09. The van der Waals surface area contributed by atoms with E-state index < -0.39 is 5.97 Å². The van der Waals surface area contributed by atoms with Crippen molar-refractivity contribution in [3.63, 3.8) is 0 Å². The standard InChI is InChI=1S/C14H10Cl2O4/c15-9-1-3-13(11(16)7-9)20-12-4-2-10(17)5-8(12)6-14(18)19/h1-5,7,17H,6H2,(H,18,19). The summed E-state index contributed by atoms with van der Waals surface area (Å²) in [5.74, 6) is -0.388. The number of ether oxygens (including phenoxy) is 1. The Bertz CT molecular complexity index is 656. The second kappa shape index (κ2) is 6.03. The Hall–Kier alpha value is -1.91. The quantitative estimate of drug-likeness (QED) is 0.891. The third-order valence-corrected chi connectivity index (χ3v) is 3.03. The molecule has 2 aromatic rings. The molecule has 2 rings (SSSR count). The SMILES string of the molecule is O=C(O)Cc1cc(O)ccc1Oc1ccc(Cl)cc1Cl. The normalized spacial score (nSPS) is 10.3. The van der Waals surface area contributed by atoms with E-state index in [0.29, 0.717) is 27.1 Å². The van der Waals surface area contributed by atoms with E-state index in [1.165, 1.54) is 24.3 Å². The van der Waals surface area contributed by atoms with Crippen molar-refractivity contribution in [2.45, 2.75) is 6.42 Å². The second-order valence-corrected chi connectivity index (χ2v) is 4.88. The van der Waals surface area contributed by atoms with Gasteiger partial charge in [-0.1, -0.05) is 23.2 Å². The third-order valence-electron chi connectivity index (χ3n) is 2.50. The number of aliphatic carboxylic acids is 1. The van der Waals surface area contributed by atoms with E-state index in [0.717, 1.165) is 0 Å². The molecule has 0 unspecified atom stereocenters. The number of carboxylic acid groups (broad SMARTS) is 1. The van der Waals surface area contributed by atoms with Gasteiger partial charge in [-0.05, 0) is 36.4 Å². The van der Waals surface area contributed by atoms with Crippen LogP contribution in [0.15, 0.2) is 36.4 Å². The summed E-state index contributed by atoms with van der Waals surface area (Å²) in [7, 11) is 0. The fourth-order valence-electron chi connectivity index (χ4n) is 1.64. The minimum absolute atomic E-state index is 0.0317. The van der Waals surface area contributed by atoms with Gasteiger partial charge in [0.15, 0.2) is 0 Å². The van der Waals surface area contributed by atoms with Gasteiger partial charge in [-0.2, -0.15) is 0 Å². The maximum Gasteiger partial charge on any atom is 0.307 e.